The van der Waals surface area contributed by atoms with Gasteiger partial charge in [-0.2, -0.15) is 0 Å². The van der Waals surface area contributed by atoms with Crippen LogP contribution in [-0.2, 0) is 0 Å². The second-order valence-electron chi connectivity index (χ2n) is 9.04. The van der Waals surface area contributed by atoms with Crippen molar-refractivity contribution in [3.63, 3.8) is 0 Å². The molecule has 0 radical (unpaired) electrons. The van der Waals surface area contributed by atoms with E-state index in [4.69, 9.17) is 16.6 Å². The Morgan fingerprint density at radius 1 is 0.611 bits per heavy atom. The summed E-state index contributed by atoms with van der Waals surface area (Å²) in [5.74, 6) is 0. The Morgan fingerprint density at radius 3 is 2.14 bits per heavy atom. The van der Waals surface area contributed by atoms with Gasteiger partial charge in [0.1, 0.15) is 5.65 Å². The second kappa shape index (κ2) is 7.44. The molecule has 0 N–H and O–H groups in total. The highest BCUT2D eigenvalue weighted by atomic mass is 35.5. The minimum atomic E-state index is 0.740. The number of halogens is 1. The molecule has 0 spiro atoms. The Morgan fingerprint density at radius 2 is 1.33 bits per heavy atom. The van der Waals surface area contributed by atoms with Gasteiger partial charge in [0.05, 0.1) is 22.2 Å². The zero-order valence-corrected chi connectivity index (χ0v) is 20.6. The Hall–Kier alpha value is -4.12. The molecule has 36 heavy (non-hydrogen) atoms. The number of pyridine rings is 1. The Kier molecular flexibility index (Phi) is 4.16. The van der Waals surface area contributed by atoms with E-state index in [1.165, 1.54) is 31.9 Å². The fraction of sp³-hybridized carbons (Fsp3) is 0. The van der Waals surface area contributed by atoms with Gasteiger partial charge in [0.25, 0.3) is 0 Å². The largest absolute Gasteiger partial charge is 0.309 e. The summed E-state index contributed by atoms with van der Waals surface area (Å²) in [7, 11) is 0. The molecule has 0 unspecified atom stereocenters. The Balaban J connectivity index is 1.47. The van der Waals surface area contributed by atoms with Gasteiger partial charge in [0, 0.05) is 53.9 Å². The molecule has 3 nitrogen and oxygen atoms in total. The summed E-state index contributed by atoms with van der Waals surface area (Å²) in [4.78, 5) is 4.82. The fourth-order valence-electron chi connectivity index (χ4n) is 5.58. The maximum atomic E-state index is 6.40. The second-order valence-corrected chi connectivity index (χ2v) is 10.4. The molecule has 4 aromatic heterocycles. The van der Waals surface area contributed by atoms with Crippen molar-refractivity contribution in [1.29, 1.82) is 0 Å². The SMILES string of the molecule is Clc1ccc2scc(-n3c4ccc(-n5c6ccccc6c6ccccc65)cc4c4cccnc43)c2c1. The predicted molar refractivity (Wildman–Crippen MR) is 153 cm³/mol. The first-order valence-electron chi connectivity index (χ1n) is 11.8. The van der Waals surface area contributed by atoms with E-state index in [2.05, 4.69) is 99.4 Å². The lowest BCUT2D eigenvalue weighted by atomic mass is 10.1. The van der Waals surface area contributed by atoms with Crippen molar-refractivity contribution in [3.8, 4) is 11.4 Å². The molecular formula is C31H18ClN3S. The van der Waals surface area contributed by atoms with E-state index in [0.717, 1.165) is 38.3 Å². The molecule has 0 fully saturated rings. The molecule has 0 amide bonds. The van der Waals surface area contributed by atoms with Crippen LogP contribution in [-0.4, -0.2) is 14.1 Å². The van der Waals surface area contributed by atoms with Crippen molar-refractivity contribution in [3.05, 3.63) is 114 Å². The highest BCUT2D eigenvalue weighted by Gasteiger charge is 2.18. The van der Waals surface area contributed by atoms with E-state index in [0.29, 0.717) is 0 Å². The lowest BCUT2D eigenvalue weighted by molar-refractivity contribution is 1.15. The molecule has 0 aliphatic rings. The van der Waals surface area contributed by atoms with E-state index in [1.807, 2.05) is 18.3 Å². The van der Waals surface area contributed by atoms with Crippen LogP contribution in [0, 0.1) is 0 Å². The zero-order valence-electron chi connectivity index (χ0n) is 19.0. The summed E-state index contributed by atoms with van der Waals surface area (Å²) in [5.41, 5.74) is 6.75. The molecule has 0 bridgehead atoms. The molecule has 0 atom stereocenters. The minimum absolute atomic E-state index is 0.740. The van der Waals surface area contributed by atoms with Crippen molar-refractivity contribution < 1.29 is 0 Å². The first-order chi connectivity index (χ1) is 17.8. The van der Waals surface area contributed by atoms with Crippen LogP contribution >= 0.6 is 22.9 Å². The van der Waals surface area contributed by atoms with Gasteiger partial charge in [0.2, 0.25) is 0 Å². The number of para-hydroxylation sites is 2. The molecule has 0 saturated carbocycles. The first kappa shape index (κ1) is 20.1. The Labute approximate surface area is 215 Å². The smallest absolute Gasteiger partial charge is 0.145 e. The number of nitrogens with zero attached hydrogens (tertiary/aromatic N) is 3. The third-order valence-corrected chi connectivity index (χ3v) is 8.29. The van der Waals surface area contributed by atoms with E-state index in [9.17, 15) is 0 Å². The normalized spacial score (nSPS) is 12.0. The van der Waals surface area contributed by atoms with Crippen molar-refractivity contribution >= 4 is 76.8 Å². The summed E-state index contributed by atoms with van der Waals surface area (Å²) in [6.45, 7) is 0. The van der Waals surface area contributed by atoms with Gasteiger partial charge in [-0.1, -0.05) is 48.0 Å². The topological polar surface area (TPSA) is 22.8 Å². The third kappa shape index (κ3) is 2.71. The van der Waals surface area contributed by atoms with Gasteiger partial charge in [0.15, 0.2) is 0 Å². The number of hydrogen-bond acceptors (Lipinski definition) is 2. The van der Waals surface area contributed by atoms with Crippen LogP contribution in [0.15, 0.2) is 109 Å². The lowest BCUT2D eigenvalue weighted by Gasteiger charge is -2.10. The van der Waals surface area contributed by atoms with Crippen LogP contribution in [0.2, 0.25) is 5.02 Å². The van der Waals surface area contributed by atoms with Crippen molar-refractivity contribution in [2.24, 2.45) is 0 Å². The van der Waals surface area contributed by atoms with Gasteiger partial charge in [-0.05, 0) is 60.7 Å². The predicted octanol–water partition coefficient (Wildman–Crippen LogP) is 9.14. The molecule has 0 saturated heterocycles. The highest BCUT2D eigenvalue weighted by Crippen LogP contribution is 2.39. The standard InChI is InChI=1S/C31H18ClN3S/c32-19-11-14-30-25(16-19)29(18-36-30)35-28-13-12-20(17-24(28)23-8-5-15-33-31(23)35)34-26-9-3-1-6-21(26)22-7-2-4-10-27(22)34/h1-18H. The molecule has 170 valence electrons. The van der Waals surface area contributed by atoms with Crippen LogP contribution < -0.4 is 0 Å². The first-order valence-corrected chi connectivity index (χ1v) is 13.1. The quantitative estimate of drug-likeness (QED) is 0.232. The summed E-state index contributed by atoms with van der Waals surface area (Å²) < 4.78 is 5.85. The number of thiophene rings is 1. The maximum Gasteiger partial charge on any atom is 0.145 e. The van der Waals surface area contributed by atoms with Crippen LogP contribution in [0.3, 0.4) is 0 Å². The zero-order chi connectivity index (χ0) is 23.8. The molecule has 4 heterocycles. The van der Waals surface area contributed by atoms with Gasteiger partial charge in [-0.15, -0.1) is 11.3 Å². The van der Waals surface area contributed by atoms with Gasteiger partial charge >= 0.3 is 0 Å². The average molecular weight is 500 g/mol. The number of fused-ring (bicyclic) bond motifs is 7. The summed E-state index contributed by atoms with van der Waals surface area (Å²) in [5, 5.41) is 8.93. The van der Waals surface area contributed by atoms with Crippen molar-refractivity contribution in [2.75, 3.05) is 0 Å². The van der Waals surface area contributed by atoms with Crippen molar-refractivity contribution in [1.82, 2.24) is 14.1 Å². The van der Waals surface area contributed by atoms with Gasteiger partial charge < -0.3 is 4.57 Å². The molecular weight excluding hydrogens is 482 g/mol. The van der Waals surface area contributed by atoms with Gasteiger partial charge in [-0.3, -0.25) is 4.57 Å². The maximum absolute atomic E-state index is 6.40. The summed E-state index contributed by atoms with van der Waals surface area (Å²) in [6, 6.07) is 34.3. The molecule has 4 aromatic carbocycles. The molecule has 5 heteroatoms. The number of aromatic nitrogens is 3. The molecule has 0 aliphatic carbocycles. The molecule has 0 aliphatic heterocycles. The summed E-state index contributed by atoms with van der Waals surface area (Å²) >= 11 is 8.13. The van der Waals surface area contributed by atoms with Crippen LogP contribution in [0.1, 0.15) is 0 Å². The number of hydrogen-bond donors (Lipinski definition) is 0. The minimum Gasteiger partial charge on any atom is -0.309 e. The monoisotopic (exact) mass is 499 g/mol. The lowest BCUT2D eigenvalue weighted by Crippen LogP contribution is -1.96. The number of rotatable bonds is 2. The summed E-state index contributed by atoms with van der Waals surface area (Å²) in [6.07, 6.45) is 1.87. The average Bonchev–Trinajstić information content (AvgIpc) is 3.58. The van der Waals surface area contributed by atoms with E-state index in [1.54, 1.807) is 11.3 Å². The third-order valence-electron chi connectivity index (χ3n) is 7.10. The van der Waals surface area contributed by atoms with Crippen molar-refractivity contribution in [2.45, 2.75) is 0 Å². The van der Waals surface area contributed by atoms with E-state index >= 15 is 0 Å². The highest BCUT2D eigenvalue weighted by molar-refractivity contribution is 7.17. The molecule has 8 rings (SSSR count). The van der Waals surface area contributed by atoms with Crippen LogP contribution in [0.4, 0.5) is 0 Å². The fourth-order valence-corrected chi connectivity index (χ4v) is 6.66. The number of benzene rings is 4. The van der Waals surface area contributed by atoms with Gasteiger partial charge in [-0.25, -0.2) is 4.98 Å². The molecule has 8 aromatic rings. The van der Waals surface area contributed by atoms with E-state index < -0.39 is 0 Å². The van der Waals surface area contributed by atoms with Crippen LogP contribution in [0.25, 0.3) is 65.2 Å². The Bertz CT molecular complexity index is 2080. The van der Waals surface area contributed by atoms with E-state index in [-0.39, 0.29) is 0 Å². The van der Waals surface area contributed by atoms with Crippen LogP contribution in [0.5, 0.6) is 0 Å².